The summed E-state index contributed by atoms with van der Waals surface area (Å²) in [7, 11) is 1.50. The second-order valence-electron chi connectivity index (χ2n) is 4.21. The van der Waals surface area contributed by atoms with Gasteiger partial charge in [0.05, 0.1) is 12.8 Å². The Morgan fingerprint density at radius 2 is 1.95 bits per heavy atom. The highest BCUT2D eigenvalue weighted by atomic mass is 16.7. The van der Waals surface area contributed by atoms with E-state index in [0.29, 0.717) is 22.8 Å². The zero-order valence-electron chi connectivity index (χ0n) is 11.1. The van der Waals surface area contributed by atoms with Gasteiger partial charge in [0.15, 0.2) is 11.5 Å². The summed E-state index contributed by atoms with van der Waals surface area (Å²) in [6.07, 6.45) is 0. The molecule has 0 fully saturated rings. The molecule has 0 unspecified atom stereocenters. The average molecular weight is 285 g/mol. The minimum absolute atomic E-state index is 0.0136. The van der Waals surface area contributed by atoms with Crippen molar-refractivity contribution < 1.29 is 14.2 Å². The van der Waals surface area contributed by atoms with Crippen molar-refractivity contribution in [1.82, 2.24) is 9.97 Å². The van der Waals surface area contributed by atoms with Crippen LogP contribution in [0.15, 0.2) is 12.1 Å². The number of fused-ring (bicyclic) bond motifs is 1. The lowest BCUT2D eigenvalue weighted by molar-refractivity contribution is 0.174. The minimum atomic E-state index is -0.0266. The summed E-state index contributed by atoms with van der Waals surface area (Å²) in [4.78, 5) is 7.88. The number of methoxy groups -OCH3 is 1. The third kappa shape index (κ3) is 2.01. The summed E-state index contributed by atoms with van der Waals surface area (Å²) in [6.45, 7) is 0.126. The van der Waals surface area contributed by atoms with E-state index >= 15 is 0 Å². The smallest absolute Gasteiger partial charge is 0.231 e. The Morgan fingerprint density at radius 3 is 2.62 bits per heavy atom. The maximum Gasteiger partial charge on any atom is 0.231 e. The van der Waals surface area contributed by atoms with E-state index in [1.807, 2.05) is 6.07 Å². The number of hydrogen-bond donors (Lipinski definition) is 2. The topological polar surface area (TPSA) is 129 Å². The van der Waals surface area contributed by atoms with Gasteiger partial charge in [-0.25, -0.2) is 4.98 Å². The summed E-state index contributed by atoms with van der Waals surface area (Å²) in [6, 6.07) is 5.31. The van der Waals surface area contributed by atoms with E-state index in [4.69, 9.17) is 25.7 Å². The molecular formula is C13H11N5O3. The number of hydrogen-bond acceptors (Lipinski definition) is 8. The van der Waals surface area contributed by atoms with Crippen LogP contribution < -0.4 is 25.7 Å². The van der Waals surface area contributed by atoms with Gasteiger partial charge in [0, 0.05) is 11.6 Å². The molecule has 0 spiro atoms. The normalized spacial score (nSPS) is 12.0. The molecule has 1 aliphatic rings. The number of nitrogens with two attached hydrogens (primary N) is 2. The van der Waals surface area contributed by atoms with Crippen LogP contribution in [0.2, 0.25) is 0 Å². The highest BCUT2D eigenvalue weighted by Gasteiger charge is 2.22. The molecule has 0 radical (unpaired) electrons. The Labute approximate surface area is 119 Å². The van der Waals surface area contributed by atoms with Gasteiger partial charge in [-0.05, 0) is 6.07 Å². The third-order valence-electron chi connectivity index (χ3n) is 3.02. The molecule has 0 atom stereocenters. The van der Waals surface area contributed by atoms with Crippen LogP contribution in [0.4, 0.5) is 11.8 Å². The van der Waals surface area contributed by atoms with Gasteiger partial charge in [0.1, 0.15) is 23.2 Å². The van der Waals surface area contributed by atoms with E-state index in [0.717, 1.165) is 0 Å². The van der Waals surface area contributed by atoms with E-state index < -0.39 is 0 Å². The molecule has 1 aromatic heterocycles. The standard InChI is InChI=1S/C13H11N5O3/c1-19-8-3-10-9(20-5-21-10)2-6(8)11-7(4-14)12(15)18-13(16)17-11/h2-3H,5H2,1H3,(H4,15,16,17,18). The number of nitriles is 1. The third-order valence-corrected chi connectivity index (χ3v) is 3.02. The summed E-state index contributed by atoms with van der Waals surface area (Å²) in [5.74, 6) is 1.55. The lowest BCUT2D eigenvalue weighted by atomic mass is 10.0. The first-order valence-corrected chi connectivity index (χ1v) is 5.95. The van der Waals surface area contributed by atoms with Gasteiger partial charge in [-0.1, -0.05) is 0 Å². The molecule has 2 aromatic rings. The highest BCUT2D eigenvalue weighted by Crippen LogP contribution is 2.43. The van der Waals surface area contributed by atoms with Crippen LogP contribution in [0.1, 0.15) is 5.56 Å². The number of ether oxygens (including phenoxy) is 3. The zero-order chi connectivity index (χ0) is 15.0. The Balaban J connectivity index is 2.28. The predicted octanol–water partition coefficient (Wildman–Crippen LogP) is 0.917. The first-order valence-electron chi connectivity index (χ1n) is 5.95. The van der Waals surface area contributed by atoms with Crippen LogP contribution in [0.3, 0.4) is 0 Å². The number of nitrogens with zero attached hydrogens (tertiary/aromatic N) is 3. The van der Waals surface area contributed by atoms with Crippen molar-refractivity contribution in [3.8, 4) is 34.6 Å². The molecule has 2 heterocycles. The van der Waals surface area contributed by atoms with Crippen molar-refractivity contribution in [2.24, 2.45) is 0 Å². The van der Waals surface area contributed by atoms with Gasteiger partial charge < -0.3 is 25.7 Å². The van der Waals surface area contributed by atoms with Crippen molar-refractivity contribution in [3.05, 3.63) is 17.7 Å². The van der Waals surface area contributed by atoms with E-state index in [1.54, 1.807) is 12.1 Å². The largest absolute Gasteiger partial charge is 0.496 e. The molecule has 1 aromatic carbocycles. The maximum absolute atomic E-state index is 9.26. The fourth-order valence-electron chi connectivity index (χ4n) is 2.08. The molecule has 3 rings (SSSR count). The van der Waals surface area contributed by atoms with Crippen LogP contribution >= 0.6 is 0 Å². The average Bonchev–Trinajstić information content (AvgIpc) is 2.92. The number of aromatic nitrogens is 2. The number of rotatable bonds is 2. The Morgan fingerprint density at radius 1 is 1.24 bits per heavy atom. The molecule has 0 saturated heterocycles. The van der Waals surface area contributed by atoms with Gasteiger partial charge in [-0.3, -0.25) is 0 Å². The highest BCUT2D eigenvalue weighted by molar-refractivity contribution is 5.79. The zero-order valence-corrected chi connectivity index (χ0v) is 11.1. The van der Waals surface area contributed by atoms with Crippen LogP contribution in [-0.2, 0) is 0 Å². The molecule has 0 bridgehead atoms. The molecule has 8 heteroatoms. The Hall–Kier alpha value is -3.21. The SMILES string of the molecule is COc1cc2c(cc1-c1nc(N)nc(N)c1C#N)OCO2. The lowest BCUT2D eigenvalue weighted by Gasteiger charge is -2.11. The van der Waals surface area contributed by atoms with E-state index in [2.05, 4.69) is 9.97 Å². The molecule has 8 nitrogen and oxygen atoms in total. The monoisotopic (exact) mass is 285 g/mol. The van der Waals surface area contributed by atoms with Gasteiger partial charge in [0.2, 0.25) is 12.7 Å². The maximum atomic E-state index is 9.26. The van der Waals surface area contributed by atoms with E-state index in [-0.39, 0.29) is 29.8 Å². The minimum Gasteiger partial charge on any atom is -0.496 e. The number of nitrogen functional groups attached to an aromatic ring is 2. The first-order chi connectivity index (χ1) is 10.1. The van der Waals surface area contributed by atoms with E-state index in [1.165, 1.54) is 7.11 Å². The molecule has 1 aliphatic heterocycles. The molecule has 106 valence electrons. The van der Waals surface area contributed by atoms with Crippen molar-refractivity contribution in [2.75, 3.05) is 25.4 Å². The molecule has 4 N–H and O–H groups in total. The molecule has 0 amide bonds. The molecule has 0 aliphatic carbocycles. The molecule has 21 heavy (non-hydrogen) atoms. The van der Waals surface area contributed by atoms with Crippen molar-refractivity contribution >= 4 is 11.8 Å². The van der Waals surface area contributed by atoms with E-state index in [9.17, 15) is 5.26 Å². The quantitative estimate of drug-likeness (QED) is 0.833. The number of benzene rings is 1. The summed E-state index contributed by atoms with van der Waals surface area (Å²) in [5.41, 5.74) is 12.3. The Kier molecular flexibility index (Phi) is 2.88. The van der Waals surface area contributed by atoms with Crippen molar-refractivity contribution in [1.29, 1.82) is 5.26 Å². The van der Waals surface area contributed by atoms with Crippen LogP contribution in [0.25, 0.3) is 11.3 Å². The van der Waals surface area contributed by atoms with Crippen molar-refractivity contribution in [3.63, 3.8) is 0 Å². The predicted molar refractivity (Wildman–Crippen MR) is 73.7 cm³/mol. The number of anilines is 2. The van der Waals surface area contributed by atoms with Crippen LogP contribution in [-0.4, -0.2) is 23.9 Å². The Bertz CT molecular complexity index is 769. The van der Waals surface area contributed by atoms with Gasteiger partial charge in [-0.2, -0.15) is 10.2 Å². The fourth-order valence-corrected chi connectivity index (χ4v) is 2.08. The molecule has 0 saturated carbocycles. The summed E-state index contributed by atoms with van der Waals surface area (Å²) < 4.78 is 15.9. The van der Waals surface area contributed by atoms with Crippen LogP contribution in [0.5, 0.6) is 17.2 Å². The second kappa shape index (κ2) is 4.72. The summed E-state index contributed by atoms with van der Waals surface area (Å²) >= 11 is 0. The summed E-state index contributed by atoms with van der Waals surface area (Å²) in [5, 5.41) is 9.26. The first kappa shape index (κ1) is 12.8. The van der Waals surface area contributed by atoms with Gasteiger partial charge >= 0.3 is 0 Å². The molecular weight excluding hydrogens is 274 g/mol. The van der Waals surface area contributed by atoms with Gasteiger partial charge in [-0.15, -0.1) is 0 Å². The lowest BCUT2D eigenvalue weighted by Crippen LogP contribution is -2.05. The van der Waals surface area contributed by atoms with Crippen LogP contribution in [0, 0.1) is 11.3 Å². The fraction of sp³-hybridized carbons (Fsp3) is 0.154. The second-order valence-corrected chi connectivity index (χ2v) is 4.21. The van der Waals surface area contributed by atoms with Crippen molar-refractivity contribution in [2.45, 2.75) is 0 Å². The van der Waals surface area contributed by atoms with Gasteiger partial charge in [0.25, 0.3) is 0 Å².